The molecule has 0 saturated carbocycles. The lowest BCUT2D eigenvalue weighted by Crippen LogP contribution is -2.04. The smallest absolute Gasteiger partial charge is 0.356 e. The standard InChI is InChI=1S/C14H10ClNO5/c15-9-2-4-12(16-13(9)14(17)18)19-6-8-1-3-10-11(5-8)21-7-20-10/h1-5H,6-7H2,(H,17,18). The van der Waals surface area contributed by atoms with Crippen molar-refractivity contribution in [3.8, 4) is 17.4 Å². The van der Waals surface area contributed by atoms with Crippen molar-refractivity contribution in [2.45, 2.75) is 6.61 Å². The molecule has 6 nitrogen and oxygen atoms in total. The Labute approximate surface area is 124 Å². The number of carboxylic acids is 1. The Kier molecular flexibility index (Phi) is 3.53. The van der Waals surface area contributed by atoms with Crippen molar-refractivity contribution in [3.63, 3.8) is 0 Å². The summed E-state index contributed by atoms with van der Waals surface area (Å²) in [5, 5.41) is 9.02. The number of aromatic carboxylic acids is 1. The van der Waals surface area contributed by atoms with Crippen molar-refractivity contribution in [3.05, 3.63) is 46.6 Å². The van der Waals surface area contributed by atoms with Gasteiger partial charge in [-0.25, -0.2) is 9.78 Å². The predicted molar refractivity (Wildman–Crippen MR) is 73.1 cm³/mol. The quantitative estimate of drug-likeness (QED) is 0.935. The number of hydrogen-bond donors (Lipinski definition) is 1. The molecular formula is C14H10ClNO5. The zero-order valence-electron chi connectivity index (χ0n) is 10.7. The number of pyridine rings is 1. The van der Waals surface area contributed by atoms with Gasteiger partial charge in [-0.15, -0.1) is 0 Å². The molecule has 0 atom stereocenters. The van der Waals surface area contributed by atoms with E-state index in [-0.39, 0.29) is 30.0 Å². The molecule has 0 unspecified atom stereocenters. The minimum absolute atomic E-state index is 0.0675. The molecular weight excluding hydrogens is 298 g/mol. The Morgan fingerprint density at radius 3 is 2.90 bits per heavy atom. The predicted octanol–water partition coefficient (Wildman–Crippen LogP) is 2.74. The Hall–Kier alpha value is -2.47. The molecule has 2 heterocycles. The second kappa shape index (κ2) is 5.49. The van der Waals surface area contributed by atoms with Crippen molar-refractivity contribution in [2.24, 2.45) is 0 Å². The molecule has 0 saturated heterocycles. The third-order valence-electron chi connectivity index (χ3n) is 2.85. The molecule has 1 aliphatic heterocycles. The SMILES string of the molecule is O=C(O)c1nc(OCc2ccc3c(c2)OCO3)ccc1Cl. The van der Waals surface area contributed by atoms with Crippen LogP contribution in [0.15, 0.2) is 30.3 Å². The summed E-state index contributed by atoms with van der Waals surface area (Å²) in [6, 6.07) is 8.38. The van der Waals surface area contributed by atoms with E-state index in [1.165, 1.54) is 12.1 Å². The van der Waals surface area contributed by atoms with Gasteiger partial charge in [0.05, 0.1) is 5.02 Å². The molecule has 0 spiro atoms. The first-order valence-corrected chi connectivity index (χ1v) is 6.42. The first-order valence-electron chi connectivity index (χ1n) is 6.04. The van der Waals surface area contributed by atoms with Gasteiger partial charge in [0, 0.05) is 6.07 Å². The summed E-state index contributed by atoms with van der Waals surface area (Å²) in [6.07, 6.45) is 0. The molecule has 0 aliphatic carbocycles. The molecule has 0 bridgehead atoms. The molecule has 1 aliphatic rings. The lowest BCUT2D eigenvalue weighted by Gasteiger charge is -2.07. The van der Waals surface area contributed by atoms with Crippen molar-refractivity contribution < 1.29 is 24.1 Å². The van der Waals surface area contributed by atoms with Crippen LogP contribution >= 0.6 is 11.6 Å². The van der Waals surface area contributed by atoms with Gasteiger partial charge in [0.25, 0.3) is 0 Å². The van der Waals surface area contributed by atoms with Gasteiger partial charge < -0.3 is 19.3 Å². The van der Waals surface area contributed by atoms with Gasteiger partial charge >= 0.3 is 5.97 Å². The van der Waals surface area contributed by atoms with Crippen LogP contribution in [0.5, 0.6) is 17.4 Å². The van der Waals surface area contributed by atoms with E-state index < -0.39 is 5.97 Å². The number of rotatable bonds is 4. The highest BCUT2D eigenvalue weighted by Gasteiger charge is 2.14. The maximum atomic E-state index is 10.9. The van der Waals surface area contributed by atoms with Gasteiger partial charge in [-0.3, -0.25) is 0 Å². The summed E-state index contributed by atoms with van der Waals surface area (Å²) in [4.78, 5) is 14.8. The third kappa shape index (κ3) is 2.85. The van der Waals surface area contributed by atoms with Gasteiger partial charge in [-0.1, -0.05) is 17.7 Å². The average Bonchev–Trinajstić information content (AvgIpc) is 2.93. The highest BCUT2D eigenvalue weighted by Crippen LogP contribution is 2.32. The van der Waals surface area contributed by atoms with Crippen LogP contribution in [0.25, 0.3) is 0 Å². The van der Waals surface area contributed by atoms with E-state index in [1.807, 2.05) is 6.07 Å². The van der Waals surface area contributed by atoms with Gasteiger partial charge in [-0.05, 0) is 23.8 Å². The van der Waals surface area contributed by atoms with E-state index in [2.05, 4.69) is 4.98 Å². The van der Waals surface area contributed by atoms with E-state index in [1.54, 1.807) is 12.1 Å². The molecule has 7 heteroatoms. The fraction of sp³-hybridized carbons (Fsp3) is 0.143. The van der Waals surface area contributed by atoms with E-state index in [4.69, 9.17) is 30.9 Å². The van der Waals surface area contributed by atoms with Crippen molar-refractivity contribution >= 4 is 17.6 Å². The van der Waals surface area contributed by atoms with Crippen molar-refractivity contribution in [1.82, 2.24) is 4.98 Å². The molecule has 21 heavy (non-hydrogen) atoms. The molecule has 1 aromatic heterocycles. The van der Waals surface area contributed by atoms with Crippen LogP contribution in [-0.2, 0) is 6.61 Å². The Morgan fingerprint density at radius 1 is 1.29 bits per heavy atom. The van der Waals surface area contributed by atoms with Crippen LogP contribution < -0.4 is 14.2 Å². The number of aromatic nitrogens is 1. The Morgan fingerprint density at radius 2 is 2.10 bits per heavy atom. The van der Waals surface area contributed by atoms with Crippen LogP contribution in [-0.4, -0.2) is 22.9 Å². The molecule has 0 fully saturated rings. The summed E-state index contributed by atoms with van der Waals surface area (Å²) >= 11 is 5.74. The van der Waals surface area contributed by atoms with Crippen LogP contribution in [0.3, 0.4) is 0 Å². The number of fused-ring (bicyclic) bond motifs is 1. The summed E-state index contributed by atoms with van der Waals surface area (Å²) in [7, 11) is 0. The molecule has 1 aromatic carbocycles. The molecule has 2 aromatic rings. The largest absolute Gasteiger partial charge is 0.476 e. The highest BCUT2D eigenvalue weighted by atomic mass is 35.5. The van der Waals surface area contributed by atoms with E-state index in [0.29, 0.717) is 11.5 Å². The number of carboxylic acid groups (broad SMARTS) is 1. The summed E-state index contributed by atoms with van der Waals surface area (Å²) in [6.45, 7) is 0.435. The number of nitrogens with zero attached hydrogens (tertiary/aromatic N) is 1. The zero-order chi connectivity index (χ0) is 14.8. The highest BCUT2D eigenvalue weighted by molar-refractivity contribution is 6.33. The van der Waals surface area contributed by atoms with E-state index in [9.17, 15) is 4.79 Å². The van der Waals surface area contributed by atoms with Crippen LogP contribution in [0.2, 0.25) is 5.02 Å². The fourth-order valence-electron chi connectivity index (χ4n) is 1.84. The zero-order valence-corrected chi connectivity index (χ0v) is 11.5. The maximum Gasteiger partial charge on any atom is 0.356 e. The maximum absolute atomic E-state index is 10.9. The normalized spacial score (nSPS) is 12.2. The fourth-order valence-corrected chi connectivity index (χ4v) is 2.03. The first kappa shape index (κ1) is 13.5. The summed E-state index contributed by atoms with van der Waals surface area (Å²) < 4.78 is 16.0. The second-order valence-electron chi connectivity index (χ2n) is 4.26. The molecule has 0 radical (unpaired) electrons. The first-order chi connectivity index (χ1) is 10.1. The second-order valence-corrected chi connectivity index (χ2v) is 4.67. The number of ether oxygens (including phenoxy) is 3. The molecule has 1 N–H and O–H groups in total. The van der Waals surface area contributed by atoms with Gasteiger partial charge in [0.1, 0.15) is 6.61 Å². The summed E-state index contributed by atoms with van der Waals surface area (Å²) in [5.41, 5.74) is 0.618. The minimum Gasteiger partial charge on any atom is -0.476 e. The van der Waals surface area contributed by atoms with Crippen molar-refractivity contribution in [1.29, 1.82) is 0 Å². The van der Waals surface area contributed by atoms with E-state index in [0.717, 1.165) is 5.56 Å². The number of hydrogen-bond acceptors (Lipinski definition) is 5. The number of carbonyl (C=O) groups is 1. The van der Waals surface area contributed by atoms with E-state index >= 15 is 0 Å². The molecule has 3 rings (SSSR count). The van der Waals surface area contributed by atoms with Crippen LogP contribution in [0, 0.1) is 0 Å². The topological polar surface area (TPSA) is 77.9 Å². The minimum atomic E-state index is -1.20. The monoisotopic (exact) mass is 307 g/mol. The van der Waals surface area contributed by atoms with Crippen LogP contribution in [0.4, 0.5) is 0 Å². The third-order valence-corrected chi connectivity index (χ3v) is 3.15. The Balaban J connectivity index is 1.73. The number of benzene rings is 1. The lowest BCUT2D eigenvalue weighted by atomic mass is 10.2. The van der Waals surface area contributed by atoms with Gasteiger partial charge in [0.2, 0.25) is 12.7 Å². The number of halogens is 1. The summed E-state index contributed by atoms with van der Waals surface area (Å²) in [5.74, 6) is 0.339. The average molecular weight is 308 g/mol. The molecule has 108 valence electrons. The van der Waals surface area contributed by atoms with Gasteiger partial charge in [-0.2, -0.15) is 0 Å². The molecule has 0 amide bonds. The van der Waals surface area contributed by atoms with Crippen LogP contribution in [0.1, 0.15) is 16.1 Å². The van der Waals surface area contributed by atoms with Crippen molar-refractivity contribution in [2.75, 3.05) is 6.79 Å². The van der Waals surface area contributed by atoms with Gasteiger partial charge in [0.15, 0.2) is 17.2 Å². The lowest BCUT2D eigenvalue weighted by molar-refractivity contribution is 0.0689. The Bertz CT molecular complexity index is 704.